The zero-order valence-electron chi connectivity index (χ0n) is 20.7. The van der Waals surface area contributed by atoms with Crippen molar-refractivity contribution in [3.63, 3.8) is 0 Å². The van der Waals surface area contributed by atoms with Gasteiger partial charge in [-0.25, -0.2) is 9.18 Å². The number of ether oxygens (including phenoxy) is 2. The smallest absolute Gasteiger partial charge is 0.407 e. The van der Waals surface area contributed by atoms with Crippen LogP contribution in [0.25, 0.3) is 17.2 Å². The molecule has 0 radical (unpaired) electrons. The molecule has 3 aliphatic rings. The molecule has 1 aromatic heterocycles. The van der Waals surface area contributed by atoms with E-state index in [-0.39, 0.29) is 47.8 Å². The highest BCUT2D eigenvalue weighted by molar-refractivity contribution is 5.75. The molecule has 0 spiro atoms. The second-order valence-electron chi connectivity index (χ2n) is 10.3. The summed E-state index contributed by atoms with van der Waals surface area (Å²) < 4.78 is 24.3. The van der Waals surface area contributed by atoms with E-state index in [1.54, 1.807) is 19.2 Å². The molecule has 1 aliphatic heterocycles. The predicted octanol–water partition coefficient (Wildman–Crippen LogP) is 5.63. The van der Waals surface area contributed by atoms with Crippen LogP contribution in [0.3, 0.4) is 0 Å². The molecule has 5 rings (SSSR count). The fourth-order valence-electron chi connectivity index (χ4n) is 6.64. The van der Waals surface area contributed by atoms with Gasteiger partial charge in [0.15, 0.2) is 0 Å². The molecule has 2 aromatic rings. The maximum absolute atomic E-state index is 13.6. The molecule has 36 heavy (non-hydrogen) atoms. The van der Waals surface area contributed by atoms with Gasteiger partial charge in [-0.1, -0.05) is 24.3 Å². The first kappa shape index (κ1) is 24.5. The van der Waals surface area contributed by atoms with E-state index in [4.69, 9.17) is 9.47 Å². The van der Waals surface area contributed by atoms with Crippen molar-refractivity contribution >= 4 is 18.1 Å². The largest absolute Gasteiger partial charge is 0.462 e. The van der Waals surface area contributed by atoms with Crippen LogP contribution < -0.4 is 5.32 Å². The second-order valence-corrected chi connectivity index (χ2v) is 10.3. The zero-order valence-corrected chi connectivity index (χ0v) is 20.7. The number of rotatable bonds is 5. The van der Waals surface area contributed by atoms with Crippen molar-refractivity contribution in [2.24, 2.45) is 29.6 Å². The van der Waals surface area contributed by atoms with Crippen LogP contribution in [-0.4, -0.2) is 35.8 Å². The first-order valence-corrected chi connectivity index (χ1v) is 13.0. The van der Waals surface area contributed by atoms with E-state index >= 15 is 0 Å². The van der Waals surface area contributed by atoms with Crippen LogP contribution in [0.1, 0.15) is 45.2 Å². The highest BCUT2D eigenvalue weighted by Crippen LogP contribution is 2.53. The van der Waals surface area contributed by atoms with Crippen molar-refractivity contribution in [2.45, 2.75) is 51.7 Å². The van der Waals surface area contributed by atoms with Gasteiger partial charge in [-0.2, -0.15) is 0 Å². The molecular formula is C29H33FN2O4. The second kappa shape index (κ2) is 10.4. The van der Waals surface area contributed by atoms with E-state index in [1.807, 2.05) is 31.2 Å². The van der Waals surface area contributed by atoms with Crippen molar-refractivity contribution in [3.8, 4) is 11.1 Å². The number of carbonyl (C=O) groups excluding carboxylic acids is 2. The number of esters is 1. The Morgan fingerprint density at radius 3 is 2.83 bits per heavy atom. The summed E-state index contributed by atoms with van der Waals surface area (Å²) in [6.45, 7) is 4.15. The number of hydrogen-bond donors (Lipinski definition) is 1. The maximum Gasteiger partial charge on any atom is 0.407 e. The summed E-state index contributed by atoms with van der Waals surface area (Å²) in [4.78, 5) is 29.2. The third-order valence-corrected chi connectivity index (χ3v) is 8.18. The molecule has 1 N–H and O–H groups in total. The van der Waals surface area contributed by atoms with Crippen LogP contribution in [0.2, 0.25) is 0 Å². The van der Waals surface area contributed by atoms with Gasteiger partial charge in [0.25, 0.3) is 0 Å². The molecule has 6 nitrogen and oxygen atoms in total. The molecule has 1 amide bonds. The molecule has 2 aliphatic carbocycles. The Morgan fingerprint density at radius 2 is 2.08 bits per heavy atom. The number of cyclic esters (lactones) is 1. The van der Waals surface area contributed by atoms with E-state index in [0.717, 1.165) is 42.5 Å². The van der Waals surface area contributed by atoms with Gasteiger partial charge in [-0.3, -0.25) is 9.78 Å². The number of allylic oxidation sites excluding steroid dienone is 1. The summed E-state index contributed by atoms with van der Waals surface area (Å²) in [6.07, 6.45) is 9.07. The van der Waals surface area contributed by atoms with Crippen LogP contribution in [0.4, 0.5) is 9.18 Å². The van der Waals surface area contributed by atoms with Gasteiger partial charge in [-0.05, 0) is 87.1 Å². The lowest BCUT2D eigenvalue weighted by atomic mass is 9.57. The zero-order chi connectivity index (χ0) is 25.2. The first-order valence-electron chi connectivity index (χ1n) is 13.0. The number of nitrogens with one attached hydrogen (secondary N) is 1. The minimum absolute atomic E-state index is 0.0679. The summed E-state index contributed by atoms with van der Waals surface area (Å²) in [5.74, 6) is 0.629. The van der Waals surface area contributed by atoms with Crippen LogP contribution >= 0.6 is 0 Å². The Kier molecular flexibility index (Phi) is 7.08. The number of nitrogens with zero attached hydrogens (tertiary/aromatic N) is 1. The minimum atomic E-state index is -0.368. The number of hydrogen-bond acceptors (Lipinski definition) is 5. The molecule has 190 valence electrons. The number of alkyl carbamates (subject to hydrolysis) is 1. The van der Waals surface area contributed by atoms with E-state index in [1.165, 1.54) is 12.1 Å². The molecule has 7 atom stereocenters. The van der Waals surface area contributed by atoms with Crippen molar-refractivity contribution in [3.05, 3.63) is 60.2 Å². The molecule has 2 saturated carbocycles. The third kappa shape index (κ3) is 5.01. The summed E-state index contributed by atoms with van der Waals surface area (Å²) in [6, 6.07) is 10.4. The highest BCUT2D eigenvalue weighted by atomic mass is 19.1. The number of halogens is 1. The van der Waals surface area contributed by atoms with E-state index in [9.17, 15) is 14.0 Å². The summed E-state index contributed by atoms with van der Waals surface area (Å²) in [5.41, 5.74) is 2.48. The average molecular weight is 493 g/mol. The molecule has 1 aromatic carbocycles. The Labute approximate surface area is 211 Å². The molecule has 0 unspecified atom stereocenters. The van der Waals surface area contributed by atoms with Crippen LogP contribution in [-0.2, 0) is 14.3 Å². The Bertz CT molecular complexity index is 1130. The fraction of sp³-hybridized carbons (Fsp3) is 0.483. The quantitative estimate of drug-likeness (QED) is 0.548. The number of benzene rings is 1. The summed E-state index contributed by atoms with van der Waals surface area (Å²) in [7, 11) is 0. The lowest BCUT2D eigenvalue weighted by Crippen LogP contribution is -2.48. The number of aromatic nitrogens is 1. The van der Waals surface area contributed by atoms with Gasteiger partial charge < -0.3 is 14.8 Å². The maximum atomic E-state index is 13.6. The van der Waals surface area contributed by atoms with Gasteiger partial charge in [0.1, 0.15) is 11.9 Å². The van der Waals surface area contributed by atoms with Crippen LogP contribution in [0, 0.1) is 35.4 Å². The summed E-state index contributed by atoms with van der Waals surface area (Å²) >= 11 is 0. The fourth-order valence-corrected chi connectivity index (χ4v) is 6.64. The van der Waals surface area contributed by atoms with Gasteiger partial charge in [0.2, 0.25) is 0 Å². The molecule has 3 fully saturated rings. The summed E-state index contributed by atoms with van der Waals surface area (Å²) in [5, 5.41) is 3.00. The van der Waals surface area contributed by atoms with Gasteiger partial charge >= 0.3 is 12.1 Å². The monoisotopic (exact) mass is 492 g/mol. The van der Waals surface area contributed by atoms with Crippen LogP contribution in [0.15, 0.2) is 48.7 Å². The third-order valence-electron chi connectivity index (χ3n) is 8.18. The van der Waals surface area contributed by atoms with E-state index in [2.05, 4.69) is 16.4 Å². The first-order chi connectivity index (χ1) is 17.4. The molecule has 7 heteroatoms. The van der Waals surface area contributed by atoms with Gasteiger partial charge in [0.05, 0.1) is 18.2 Å². The van der Waals surface area contributed by atoms with E-state index < -0.39 is 0 Å². The van der Waals surface area contributed by atoms with Crippen molar-refractivity contribution in [1.82, 2.24) is 10.3 Å². The molecule has 0 bridgehead atoms. The molecular weight excluding hydrogens is 459 g/mol. The number of carbonyl (C=O) groups is 2. The van der Waals surface area contributed by atoms with Crippen molar-refractivity contribution < 1.29 is 23.5 Å². The topological polar surface area (TPSA) is 77.5 Å². The van der Waals surface area contributed by atoms with Gasteiger partial charge in [-0.15, -0.1) is 0 Å². The Balaban J connectivity index is 1.34. The minimum Gasteiger partial charge on any atom is -0.462 e. The predicted molar refractivity (Wildman–Crippen MR) is 134 cm³/mol. The van der Waals surface area contributed by atoms with Crippen molar-refractivity contribution in [1.29, 1.82) is 0 Å². The highest BCUT2D eigenvalue weighted by Gasteiger charge is 2.54. The Hall–Kier alpha value is -3.22. The number of pyridine rings is 1. The normalized spacial score (nSPS) is 31.4. The lowest BCUT2D eigenvalue weighted by Gasteiger charge is -2.47. The SMILES string of the molecule is CCOC(=O)N[C@H]1CC[C@H]2[C@@H](C1)C[C@@H]1C(=O)O[C@H](C)[C@H]1[C@@H]2C=Cc1ccc(-c2cccc(F)c2)cn1. The van der Waals surface area contributed by atoms with Crippen molar-refractivity contribution in [2.75, 3.05) is 6.61 Å². The number of fused-ring (bicyclic) bond motifs is 2. The lowest BCUT2D eigenvalue weighted by molar-refractivity contribution is -0.144. The molecule has 1 saturated heterocycles. The Morgan fingerprint density at radius 1 is 1.22 bits per heavy atom. The number of amides is 1. The average Bonchev–Trinajstić information content (AvgIpc) is 3.15. The van der Waals surface area contributed by atoms with Gasteiger partial charge in [0, 0.05) is 23.7 Å². The standard InChI is InChI=1S/C29H33FN2O4/c1-3-35-29(34)32-23-10-11-24-20(14-23)15-26-27(17(2)36-28(26)33)25(24)12-9-22-8-7-19(16-31-22)18-5-4-6-21(30)13-18/h4-9,12-13,16-17,20,23-27H,3,10-11,14-15H2,1-2H3,(H,32,34)/t17-,20+,23+,24+,25-,26+,27+/m1/s1. The van der Waals surface area contributed by atoms with Crippen LogP contribution in [0.5, 0.6) is 0 Å². The molecule has 2 heterocycles. The van der Waals surface area contributed by atoms with E-state index in [0.29, 0.717) is 18.4 Å².